The van der Waals surface area contributed by atoms with Gasteiger partial charge in [0.2, 0.25) is 0 Å². The molecular formula is C22H22O. The van der Waals surface area contributed by atoms with E-state index in [2.05, 4.69) is 68.4 Å². The van der Waals surface area contributed by atoms with Gasteiger partial charge >= 0.3 is 0 Å². The number of aryl methyl sites for hydroxylation is 2. The predicted octanol–water partition coefficient (Wildman–Crippen LogP) is 4.97. The second-order valence-corrected chi connectivity index (χ2v) is 6.84. The third kappa shape index (κ3) is 2.04. The van der Waals surface area contributed by atoms with Crippen LogP contribution in [0, 0.1) is 12.8 Å². The van der Waals surface area contributed by atoms with Crippen molar-refractivity contribution in [2.75, 3.05) is 0 Å². The molecule has 0 aliphatic heterocycles. The zero-order valence-electron chi connectivity index (χ0n) is 13.7. The van der Waals surface area contributed by atoms with E-state index in [1.165, 1.54) is 16.3 Å². The molecule has 0 saturated heterocycles. The number of rotatable bonds is 1. The summed E-state index contributed by atoms with van der Waals surface area (Å²) in [5.41, 5.74) is 3.68. The standard InChI is InChI=1S/C22H22O/c1-15-11-13-17-7-3-5-9-19(17)21(15)22(23)16(2)12-14-18-8-4-6-10-20(18)22/h3-11,13,16,23H,12,14H2,1-2H3/t16-,22-/m1/s1. The Balaban J connectivity index is 2.09. The Labute approximate surface area is 137 Å². The van der Waals surface area contributed by atoms with Crippen LogP contribution < -0.4 is 0 Å². The van der Waals surface area contributed by atoms with Gasteiger partial charge in [-0.15, -0.1) is 0 Å². The van der Waals surface area contributed by atoms with Gasteiger partial charge in [0.05, 0.1) is 0 Å². The molecule has 0 amide bonds. The van der Waals surface area contributed by atoms with E-state index >= 15 is 0 Å². The van der Waals surface area contributed by atoms with E-state index in [0.29, 0.717) is 0 Å². The molecule has 0 heterocycles. The molecule has 23 heavy (non-hydrogen) atoms. The second-order valence-electron chi connectivity index (χ2n) is 6.84. The first kappa shape index (κ1) is 14.5. The van der Waals surface area contributed by atoms with Gasteiger partial charge in [0, 0.05) is 0 Å². The third-order valence-electron chi connectivity index (χ3n) is 5.51. The van der Waals surface area contributed by atoms with Crippen LogP contribution in [0.15, 0.2) is 60.7 Å². The average Bonchev–Trinajstić information content (AvgIpc) is 2.58. The second kappa shape index (κ2) is 5.21. The SMILES string of the molecule is Cc1ccc2ccccc2c1[C@]1(O)c2ccccc2CC[C@H]1C. The lowest BCUT2D eigenvalue weighted by molar-refractivity contribution is 0.0133. The molecule has 0 unspecified atom stereocenters. The van der Waals surface area contributed by atoms with E-state index in [0.717, 1.165) is 29.5 Å². The summed E-state index contributed by atoms with van der Waals surface area (Å²) in [4.78, 5) is 0. The smallest absolute Gasteiger partial charge is 0.118 e. The molecule has 1 heteroatoms. The van der Waals surface area contributed by atoms with Gasteiger partial charge in [-0.3, -0.25) is 0 Å². The van der Waals surface area contributed by atoms with Crippen LogP contribution in [0.4, 0.5) is 0 Å². The summed E-state index contributed by atoms with van der Waals surface area (Å²) in [6, 6.07) is 21.1. The van der Waals surface area contributed by atoms with E-state index < -0.39 is 5.60 Å². The van der Waals surface area contributed by atoms with E-state index in [1.54, 1.807) is 0 Å². The van der Waals surface area contributed by atoms with Gasteiger partial charge in [-0.25, -0.2) is 0 Å². The van der Waals surface area contributed by atoms with Crippen molar-refractivity contribution in [3.63, 3.8) is 0 Å². The summed E-state index contributed by atoms with van der Waals surface area (Å²) in [5, 5.41) is 14.3. The highest BCUT2D eigenvalue weighted by atomic mass is 16.3. The minimum absolute atomic E-state index is 0.196. The zero-order chi connectivity index (χ0) is 16.0. The molecule has 2 atom stereocenters. The van der Waals surface area contributed by atoms with Gasteiger partial charge in [-0.05, 0) is 58.7 Å². The van der Waals surface area contributed by atoms with Gasteiger partial charge in [-0.2, -0.15) is 0 Å². The molecular weight excluding hydrogens is 280 g/mol. The summed E-state index contributed by atoms with van der Waals surface area (Å²) in [5.74, 6) is 0.196. The molecule has 3 aromatic rings. The molecule has 0 fully saturated rings. The van der Waals surface area contributed by atoms with E-state index in [-0.39, 0.29) is 5.92 Å². The molecule has 1 nitrogen and oxygen atoms in total. The van der Waals surface area contributed by atoms with Gasteiger partial charge in [0.15, 0.2) is 0 Å². The maximum absolute atomic E-state index is 11.9. The normalized spacial score (nSPS) is 23.7. The number of fused-ring (bicyclic) bond motifs is 2. The summed E-state index contributed by atoms with van der Waals surface area (Å²) in [6.45, 7) is 4.29. The highest BCUT2D eigenvalue weighted by Gasteiger charge is 2.43. The first-order valence-electron chi connectivity index (χ1n) is 8.42. The van der Waals surface area contributed by atoms with Crippen LogP contribution in [-0.4, -0.2) is 5.11 Å². The zero-order valence-corrected chi connectivity index (χ0v) is 13.7. The summed E-state index contributed by atoms with van der Waals surface area (Å²) in [7, 11) is 0. The van der Waals surface area contributed by atoms with E-state index in [1.807, 2.05) is 6.07 Å². The van der Waals surface area contributed by atoms with Crippen molar-refractivity contribution in [2.24, 2.45) is 5.92 Å². The fourth-order valence-electron chi connectivity index (χ4n) is 4.22. The molecule has 0 aromatic heterocycles. The summed E-state index contributed by atoms with van der Waals surface area (Å²) >= 11 is 0. The van der Waals surface area contributed by atoms with Crippen molar-refractivity contribution in [2.45, 2.75) is 32.3 Å². The maximum Gasteiger partial charge on any atom is 0.118 e. The topological polar surface area (TPSA) is 20.2 Å². The molecule has 0 bridgehead atoms. The first-order chi connectivity index (χ1) is 11.1. The predicted molar refractivity (Wildman–Crippen MR) is 95.6 cm³/mol. The third-order valence-corrected chi connectivity index (χ3v) is 5.51. The highest BCUT2D eigenvalue weighted by Crippen LogP contribution is 2.47. The van der Waals surface area contributed by atoms with Gasteiger partial charge in [0.25, 0.3) is 0 Å². The minimum atomic E-state index is -0.917. The van der Waals surface area contributed by atoms with Crippen LogP contribution in [0.5, 0.6) is 0 Å². The Morgan fingerprint density at radius 1 is 0.957 bits per heavy atom. The summed E-state index contributed by atoms with van der Waals surface area (Å²) in [6.07, 6.45) is 2.06. The van der Waals surface area contributed by atoms with Crippen molar-refractivity contribution >= 4 is 10.8 Å². The molecule has 0 saturated carbocycles. The monoisotopic (exact) mass is 302 g/mol. The van der Waals surface area contributed by atoms with Gasteiger partial charge in [0.1, 0.15) is 5.60 Å². The lowest BCUT2D eigenvalue weighted by Crippen LogP contribution is -2.40. The average molecular weight is 302 g/mol. The Kier molecular flexibility index (Phi) is 3.28. The molecule has 4 rings (SSSR count). The number of benzene rings is 3. The van der Waals surface area contributed by atoms with E-state index in [9.17, 15) is 5.11 Å². The molecule has 0 radical (unpaired) electrons. The van der Waals surface area contributed by atoms with Gasteiger partial charge in [-0.1, -0.05) is 67.6 Å². The molecule has 3 aromatic carbocycles. The largest absolute Gasteiger partial charge is 0.380 e. The van der Waals surface area contributed by atoms with Crippen LogP contribution in [0.2, 0.25) is 0 Å². The Bertz CT molecular complexity index is 880. The number of hydrogen-bond acceptors (Lipinski definition) is 1. The quantitative estimate of drug-likeness (QED) is 0.673. The number of hydrogen-bond donors (Lipinski definition) is 1. The van der Waals surface area contributed by atoms with Gasteiger partial charge < -0.3 is 5.11 Å². The maximum atomic E-state index is 11.9. The van der Waals surface area contributed by atoms with Crippen LogP contribution in [0.3, 0.4) is 0 Å². The van der Waals surface area contributed by atoms with Crippen LogP contribution in [0.25, 0.3) is 10.8 Å². The summed E-state index contributed by atoms with van der Waals surface area (Å²) < 4.78 is 0. The van der Waals surface area contributed by atoms with Crippen LogP contribution in [-0.2, 0) is 12.0 Å². The van der Waals surface area contributed by atoms with Crippen molar-refractivity contribution in [3.8, 4) is 0 Å². The van der Waals surface area contributed by atoms with Crippen molar-refractivity contribution in [1.82, 2.24) is 0 Å². The Morgan fingerprint density at radius 3 is 2.57 bits per heavy atom. The lowest BCUT2D eigenvalue weighted by Gasteiger charge is -2.42. The van der Waals surface area contributed by atoms with E-state index in [4.69, 9.17) is 0 Å². The number of aliphatic hydroxyl groups is 1. The van der Waals surface area contributed by atoms with Crippen molar-refractivity contribution in [1.29, 1.82) is 0 Å². The highest BCUT2D eigenvalue weighted by molar-refractivity contribution is 5.88. The Morgan fingerprint density at radius 2 is 1.70 bits per heavy atom. The fraction of sp³-hybridized carbons (Fsp3) is 0.273. The Hall–Kier alpha value is -2.12. The molecule has 1 N–H and O–H groups in total. The lowest BCUT2D eigenvalue weighted by atomic mass is 9.67. The van der Waals surface area contributed by atoms with Crippen LogP contribution >= 0.6 is 0 Å². The minimum Gasteiger partial charge on any atom is -0.380 e. The van der Waals surface area contributed by atoms with Crippen molar-refractivity contribution in [3.05, 3.63) is 82.9 Å². The fourth-order valence-corrected chi connectivity index (χ4v) is 4.22. The molecule has 0 spiro atoms. The molecule has 1 aliphatic carbocycles. The molecule has 116 valence electrons. The first-order valence-corrected chi connectivity index (χ1v) is 8.42. The van der Waals surface area contributed by atoms with Crippen LogP contribution in [0.1, 0.15) is 35.6 Å². The van der Waals surface area contributed by atoms with Crippen molar-refractivity contribution < 1.29 is 5.11 Å². The molecule has 1 aliphatic rings.